The SMILES string of the molecule is CC.Cc1c(Cc2cccc(NS(=O)(=O)NCC[NH3+])c2)c(=O)oc2cc(OC(=O)N(C)C)c(Cl)cc12. The van der Waals surface area contributed by atoms with Crippen molar-refractivity contribution in [1.82, 2.24) is 9.62 Å². The monoisotopic (exact) mass is 539 g/mol. The zero-order valence-electron chi connectivity index (χ0n) is 21.0. The van der Waals surface area contributed by atoms with Crippen LogP contribution in [0.25, 0.3) is 11.0 Å². The molecule has 0 aliphatic rings. The number of rotatable bonds is 8. The number of halogens is 1. The highest BCUT2D eigenvalue weighted by atomic mass is 35.5. The van der Waals surface area contributed by atoms with E-state index in [1.165, 1.54) is 25.1 Å². The van der Waals surface area contributed by atoms with Crippen LogP contribution in [0.5, 0.6) is 5.75 Å². The highest BCUT2D eigenvalue weighted by Gasteiger charge is 2.17. The van der Waals surface area contributed by atoms with E-state index in [0.717, 1.165) is 0 Å². The highest BCUT2D eigenvalue weighted by molar-refractivity contribution is 7.90. The molecule has 0 saturated heterocycles. The summed E-state index contributed by atoms with van der Waals surface area (Å²) < 4.78 is 39.7. The number of hydrogen-bond donors (Lipinski definition) is 3. The third kappa shape index (κ3) is 7.44. The van der Waals surface area contributed by atoms with Crippen molar-refractivity contribution in [1.29, 1.82) is 0 Å². The second-order valence-electron chi connectivity index (χ2n) is 7.76. The molecule has 0 atom stereocenters. The van der Waals surface area contributed by atoms with Crippen molar-refractivity contribution in [3.8, 4) is 5.75 Å². The molecule has 0 spiro atoms. The van der Waals surface area contributed by atoms with Gasteiger partial charge < -0.3 is 19.8 Å². The summed E-state index contributed by atoms with van der Waals surface area (Å²) in [6.07, 6.45) is -0.407. The Bertz CT molecular complexity index is 1390. The van der Waals surface area contributed by atoms with Crippen molar-refractivity contribution in [2.75, 3.05) is 31.9 Å². The Kier molecular flexibility index (Phi) is 10.3. The lowest BCUT2D eigenvalue weighted by molar-refractivity contribution is -0.364. The molecule has 196 valence electrons. The molecular formula is C24H32ClN4O6S+. The second-order valence-corrected chi connectivity index (χ2v) is 9.67. The molecular weight excluding hydrogens is 508 g/mol. The number of nitrogens with one attached hydrogen (secondary N) is 2. The number of quaternary nitrogens is 1. The van der Waals surface area contributed by atoms with Gasteiger partial charge in [-0.3, -0.25) is 4.72 Å². The summed E-state index contributed by atoms with van der Waals surface area (Å²) in [6, 6.07) is 9.71. The van der Waals surface area contributed by atoms with Gasteiger partial charge in [0.2, 0.25) is 0 Å². The maximum absolute atomic E-state index is 12.8. The highest BCUT2D eigenvalue weighted by Crippen LogP contribution is 2.32. The van der Waals surface area contributed by atoms with Gasteiger partial charge in [-0.15, -0.1) is 0 Å². The molecule has 0 radical (unpaired) electrons. The van der Waals surface area contributed by atoms with Gasteiger partial charge in [-0.2, -0.15) is 13.1 Å². The lowest BCUT2D eigenvalue weighted by atomic mass is 9.99. The number of anilines is 1. The molecule has 3 rings (SSSR count). The average molecular weight is 540 g/mol. The van der Waals surface area contributed by atoms with E-state index in [4.69, 9.17) is 20.8 Å². The van der Waals surface area contributed by atoms with Crippen LogP contribution in [0.1, 0.15) is 30.5 Å². The van der Waals surface area contributed by atoms with Gasteiger partial charge in [-0.1, -0.05) is 37.6 Å². The Morgan fingerprint density at radius 3 is 2.53 bits per heavy atom. The Morgan fingerprint density at radius 1 is 1.19 bits per heavy atom. The summed E-state index contributed by atoms with van der Waals surface area (Å²) in [4.78, 5) is 25.9. The summed E-state index contributed by atoms with van der Waals surface area (Å²) in [5.74, 6) is 0.0793. The lowest BCUT2D eigenvalue weighted by Gasteiger charge is -2.14. The standard InChI is InChI=1S/C22H25ClN4O6S.C2H6/c1-13-16-11-18(23)20(33-22(29)27(2)3)12-19(16)32-21(28)17(13)10-14-5-4-6-15(9-14)26-34(30,31)25-8-7-24;1-2/h4-6,9,11-12,25-26H,7-8,10,24H2,1-3H3;1-2H3/p+1. The number of nitrogens with zero attached hydrogens (tertiary/aromatic N) is 1. The van der Waals surface area contributed by atoms with E-state index in [2.05, 4.69) is 15.2 Å². The fourth-order valence-corrected chi connectivity index (χ4v) is 4.33. The molecule has 1 amide bonds. The molecule has 0 saturated carbocycles. The van der Waals surface area contributed by atoms with Crippen LogP contribution in [0.15, 0.2) is 45.6 Å². The Morgan fingerprint density at radius 2 is 1.89 bits per heavy atom. The number of fused-ring (bicyclic) bond motifs is 1. The van der Waals surface area contributed by atoms with E-state index in [0.29, 0.717) is 34.3 Å². The summed E-state index contributed by atoms with van der Waals surface area (Å²) in [5.41, 5.74) is 5.39. The van der Waals surface area contributed by atoms with Crippen molar-refractivity contribution in [3.63, 3.8) is 0 Å². The van der Waals surface area contributed by atoms with E-state index in [1.807, 2.05) is 13.8 Å². The summed E-state index contributed by atoms with van der Waals surface area (Å²) in [7, 11) is -0.659. The number of carbonyl (C=O) groups is 1. The molecule has 10 nitrogen and oxygen atoms in total. The van der Waals surface area contributed by atoms with Crippen LogP contribution in [0.3, 0.4) is 0 Å². The fourth-order valence-electron chi connectivity index (χ4n) is 3.20. The molecule has 1 aromatic heterocycles. The van der Waals surface area contributed by atoms with E-state index in [1.54, 1.807) is 37.3 Å². The first-order chi connectivity index (χ1) is 17.0. The first-order valence-corrected chi connectivity index (χ1v) is 13.2. The number of benzene rings is 2. The largest absolute Gasteiger partial charge is 0.422 e. The molecule has 12 heteroatoms. The Labute approximate surface area is 215 Å². The Balaban J connectivity index is 0.00000222. The number of carbonyl (C=O) groups excluding carboxylic acids is 1. The molecule has 0 aliphatic heterocycles. The molecule has 0 aliphatic carbocycles. The van der Waals surface area contributed by atoms with Crippen LogP contribution in [-0.2, 0) is 16.6 Å². The molecule has 0 bridgehead atoms. The third-order valence-electron chi connectivity index (χ3n) is 4.93. The maximum Gasteiger partial charge on any atom is 0.414 e. The molecule has 0 unspecified atom stereocenters. The Hall–Kier alpha value is -3.12. The van der Waals surface area contributed by atoms with Crippen molar-refractivity contribution in [2.45, 2.75) is 27.2 Å². The quantitative estimate of drug-likeness (QED) is 0.375. The van der Waals surface area contributed by atoms with E-state index in [-0.39, 0.29) is 29.3 Å². The topological polar surface area (TPSA) is 146 Å². The molecule has 3 aromatic rings. The minimum Gasteiger partial charge on any atom is -0.422 e. The molecule has 5 N–H and O–H groups in total. The zero-order valence-corrected chi connectivity index (χ0v) is 22.5. The van der Waals surface area contributed by atoms with E-state index in [9.17, 15) is 18.0 Å². The predicted molar refractivity (Wildman–Crippen MR) is 141 cm³/mol. The summed E-state index contributed by atoms with van der Waals surface area (Å²) in [6.45, 7) is 6.40. The number of amides is 1. The first-order valence-electron chi connectivity index (χ1n) is 11.3. The van der Waals surface area contributed by atoms with Crippen LogP contribution >= 0.6 is 11.6 Å². The fraction of sp³-hybridized carbons (Fsp3) is 0.333. The van der Waals surface area contributed by atoms with Crippen LogP contribution in [0.4, 0.5) is 10.5 Å². The van der Waals surface area contributed by atoms with Gasteiger partial charge in [-0.05, 0) is 36.2 Å². The molecule has 2 aromatic carbocycles. The van der Waals surface area contributed by atoms with Crippen molar-refractivity contribution in [2.24, 2.45) is 0 Å². The smallest absolute Gasteiger partial charge is 0.414 e. The minimum atomic E-state index is -3.73. The molecule has 1 heterocycles. The zero-order chi connectivity index (χ0) is 27.0. The van der Waals surface area contributed by atoms with Crippen molar-refractivity contribution in [3.05, 3.63) is 68.5 Å². The van der Waals surface area contributed by atoms with Gasteiger partial charge in [-0.25, -0.2) is 9.59 Å². The predicted octanol–water partition coefficient (Wildman–Crippen LogP) is 2.92. The molecule has 36 heavy (non-hydrogen) atoms. The minimum absolute atomic E-state index is 0.0793. The third-order valence-corrected chi connectivity index (χ3v) is 6.32. The normalized spacial score (nSPS) is 11.0. The molecule has 0 fully saturated rings. The number of ether oxygens (including phenoxy) is 1. The van der Waals surface area contributed by atoms with Crippen molar-refractivity contribution >= 4 is 44.6 Å². The van der Waals surface area contributed by atoms with E-state index >= 15 is 0 Å². The van der Waals surface area contributed by atoms with Gasteiger partial charge >= 0.3 is 11.7 Å². The van der Waals surface area contributed by atoms with Gasteiger partial charge in [0.25, 0.3) is 10.2 Å². The van der Waals surface area contributed by atoms with Gasteiger partial charge in [0, 0.05) is 37.5 Å². The van der Waals surface area contributed by atoms with Crippen LogP contribution in [0.2, 0.25) is 5.02 Å². The van der Waals surface area contributed by atoms with Crippen LogP contribution in [-0.4, -0.2) is 46.6 Å². The van der Waals surface area contributed by atoms with Crippen LogP contribution in [0, 0.1) is 6.92 Å². The van der Waals surface area contributed by atoms with Gasteiger partial charge in [0.15, 0.2) is 5.75 Å². The number of hydrogen-bond acceptors (Lipinski definition) is 6. The van der Waals surface area contributed by atoms with E-state index < -0.39 is 21.9 Å². The first kappa shape index (κ1) is 29.1. The number of aryl methyl sites for hydroxylation is 1. The lowest BCUT2D eigenvalue weighted by Crippen LogP contribution is -2.55. The van der Waals surface area contributed by atoms with Gasteiger partial charge in [0.05, 0.1) is 23.8 Å². The summed E-state index contributed by atoms with van der Waals surface area (Å²) in [5, 5.41) is 0.787. The van der Waals surface area contributed by atoms with Crippen LogP contribution < -0.4 is 25.5 Å². The second kappa shape index (κ2) is 12.7. The van der Waals surface area contributed by atoms with Crippen molar-refractivity contribution < 1.29 is 28.1 Å². The average Bonchev–Trinajstić information content (AvgIpc) is 2.83. The summed E-state index contributed by atoms with van der Waals surface area (Å²) >= 11 is 6.30. The van der Waals surface area contributed by atoms with Gasteiger partial charge in [0.1, 0.15) is 5.58 Å². The maximum atomic E-state index is 12.8.